The van der Waals surface area contributed by atoms with Gasteiger partial charge in [0, 0.05) is 5.57 Å². The van der Waals surface area contributed by atoms with Gasteiger partial charge in [-0.25, -0.2) is 4.79 Å². The summed E-state index contributed by atoms with van der Waals surface area (Å²) < 4.78 is 0. The molecule has 2 fully saturated rings. The van der Waals surface area contributed by atoms with E-state index in [9.17, 15) is 9.90 Å². The Kier molecular flexibility index (Phi) is 7.65. The van der Waals surface area contributed by atoms with Crippen LogP contribution in [0.25, 0.3) is 0 Å². The Morgan fingerprint density at radius 1 is 0.957 bits per heavy atom. The largest absolute Gasteiger partial charge is 0.478 e. The van der Waals surface area contributed by atoms with Crippen molar-refractivity contribution in [3.8, 4) is 0 Å². The van der Waals surface area contributed by atoms with Crippen LogP contribution in [0.15, 0.2) is 11.6 Å². The Morgan fingerprint density at radius 2 is 1.52 bits per heavy atom. The lowest BCUT2D eigenvalue weighted by atomic mass is 9.68. The summed E-state index contributed by atoms with van der Waals surface area (Å²) in [5.41, 5.74) is 0.689. The summed E-state index contributed by atoms with van der Waals surface area (Å²) >= 11 is 0. The van der Waals surface area contributed by atoms with E-state index in [2.05, 4.69) is 6.92 Å². The predicted molar refractivity (Wildman–Crippen MR) is 96.4 cm³/mol. The highest BCUT2D eigenvalue weighted by atomic mass is 16.4. The number of allylic oxidation sites excluding steroid dienone is 1. The third kappa shape index (κ3) is 5.36. The lowest BCUT2D eigenvalue weighted by molar-refractivity contribution is -0.133. The highest BCUT2D eigenvalue weighted by Crippen LogP contribution is 2.43. The fourth-order valence-corrected chi connectivity index (χ4v) is 4.99. The van der Waals surface area contributed by atoms with E-state index in [-0.39, 0.29) is 0 Å². The first-order valence-electron chi connectivity index (χ1n) is 10.1. The maximum Gasteiger partial charge on any atom is 0.331 e. The number of rotatable bonds is 7. The first-order valence-corrected chi connectivity index (χ1v) is 10.1. The van der Waals surface area contributed by atoms with Gasteiger partial charge in [0.05, 0.1) is 0 Å². The van der Waals surface area contributed by atoms with Gasteiger partial charge in [-0.2, -0.15) is 0 Å². The van der Waals surface area contributed by atoms with Crippen molar-refractivity contribution in [2.75, 3.05) is 0 Å². The van der Waals surface area contributed by atoms with Crippen molar-refractivity contribution < 1.29 is 9.90 Å². The molecule has 2 aliphatic rings. The van der Waals surface area contributed by atoms with E-state index in [4.69, 9.17) is 0 Å². The van der Waals surface area contributed by atoms with Crippen LogP contribution in [-0.2, 0) is 4.79 Å². The van der Waals surface area contributed by atoms with Crippen LogP contribution in [0.3, 0.4) is 0 Å². The van der Waals surface area contributed by atoms with Crippen LogP contribution in [0, 0.1) is 23.7 Å². The lowest BCUT2D eigenvalue weighted by Gasteiger charge is -2.38. The second kappa shape index (κ2) is 9.49. The van der Waals surface area contributed by atoms with Crippen LogP contribution >= 0.6 is 0 Å². The zero-order valence-corrected chi connectivity index (χ0v) is 15.2. The molecule has 0 saturated heterocycles. The Hall–Kier alpha value is -0.790. The molecule has 0 bridgehead atoms. The van der Waals surface area contributed by atoms with Gasteiger partial charge in [-0.05, 0) is 68.6 Å². The number of hydrogen-bond donors (Lipinski definition) is 1. The number of aliphatic carboxylic acids is 1. The first kappa shape index (κ1) is 18.5. The third-order valence-electron chi connectivity index (χ3n) is 6.41. The van der Waals surface area contributed by atoms with Crippen LogP contribution in [0.4, 0.5) is 0 Å². The zero-order chi connectivity index (χ0) is 16.7. The molecule has 0 amide bonds. The molecule has 2 rings (SSSR count). The Bertz CT molecular complexity index is 383. The monoisotopic (exact) mass is 320 g/mol. The van der Waals surface area contributed by atoms with Gasteiger partial charge in [0.25, 0.3) is 0 Å². The summed E-state index contributed by atoms with van der Waals surface area (Å²) in [4.78, 5) is 11.4. The van der Waals surface area contributed by atoms with Crippen LogP contribution in [-0.4, -0.2) is 11.1 Å². The Labute approximate surface area is 142 Å². The van der Waals surface area contributed by atoms with Crippen molar-refractivity contribution in [1.82, 2.24) is 0 Å². The average molecular weight is 321 g/mol. The van der Waals surface area contributed by atoms with Gasteiger partial charge < -0.3 is 5.11 Å². The molecule has 0 aromatic heterocycles. The van der Waals surface area contributed by atoms with Crippen molar-refractivity contribution in [3.05, 3.63) is 11.6 Å². The van der Waals surface area contributed by atoms with Gasteiger partial charge in [-0.15, -0.1) is 0 Å². The van der Waals surface area contributed by atoms with E-state index in [0.717, 1.165) is 37.0 Å². The second-order valence-electron chi connectivity index (χ2n) is 7.91. The summed E-state index contributed by atoms with van der Waals surface area (Å²) in [5, 5.41) is 9.40. The maximum atomic E-state index is 11.4. The van der Waals surface area contributed by atoms with Crippen LogP contribution in [0.5, 0.6) is 0 Å². The molecule has 2 nitrogen and oxygen atoms in total. The summed E-state index contributed by atoms with van der Waals surface area (Å²) in [7, 11) is 0. The van der Waals surface area contributed by atoms with Crippen molar-refractivity contribution in [3.63, 3.8) is 0 Å². The number of carboxylic acid groups (broad SMARTS) is 1. The molecule has 23 heavy (non-hydrogen) atoms. The summed E-state index contributed by atoms with van der Waals surface area (Å²) in [6.07, 6.45) is 17.4. The standard InChI is InChI=1S/C21H36O2/c1-3-5-7-16-8-10-17(11-9-16)18-12-14-19(15-13-18)20(6-4-2)21(22)23/h6,16-19H,3-5,7-15H2,1-2H3,(H,22,23)/t16-,17-,18-,19-. The number of unbranched alkanes of at least 4 members (excludes halogenated alkanes) is 1. The van der Waals surface area contributed by atoms with Gasteiger partial charge >= 0.3 is 5.97 Å². The summed E-state index contributed by atoms with van der Waals surface area (Å²) in [6.45, 7) is 4.33. The third-order valence-corrected chi connectivity index (χ3v) is 6.41. The SMILES string of the molecule is CCC=C(C(=O)O)[C@H]1CC[C@H]([C@H]2CC[C@H](CCCC)CC2)CC1. The van der Waals surface area contributed by atoms with Crippen molar-refractivity contribution in [2.45, 2.75) is 90.9 Å². The molecule has 1 N–H and O–H groups in total. The molecule has 0 aromatic rings. The minimum Gasteiger partial charge on any atom is -0.478 e. The minimum atomic E-state index is -0.688. The summed E-state index contributed by atoms with van der Waals surface area (Å²) in [6, 6.07) is 0. The molecule has 0 atom stereocenters. The van der Waals surface area contributed by atoms with Gasteiger partial charge in [0.2, 0.25) is 0 Å². The lowest BCUT2D eigenvalue weighted by Crippen LogP contribution is -2.27. The molecule has 0 spiro atoms. The average Bonchev–Trinajstić information content (AvgIpc) is 2.58. The smallest absolute Gasteiger partial charge is 0.331 e. The molecule has 2 aliphatic carbocycles. The molecule has 0 radical (unpaired) electrons. The van der Waals surface area contributed by atoms with Crippen LogP contribution in [0.2, 0.25) is 0 Å². The Morgan fingerprint density at radius 3 is 2.00 bits per heavy atom. The maximum absolute atomic E-state index is 11.4. The van der Waals surface area contributed by atoms with E-state index >= 15 is 0 Å². The second-order valence-corrected chi connectivity index (χ2v) is 7.91. The topological polar surface area (TPSA) is 37.3 Å². The number of hydrogen-bond acceptors (Lipinski definition) is 1. The Balaban J connectivity index is 1.77. The highest BCUT2D eigenvalue weighted by Gasteiger charge is 2.32. The van der Waals surface area contributed by atoms with Gasteiger partial charge in [0.1, 0.15) is 0 Å². The van der Waals surface area contributed by atoms with E-state index in [0.29, 0.717) is 11.5 Å². The molecule has 2 saturated carbocycles. The number of carbonyl (C=O) groups is 1. The number of carboxylic acids is 1. The van der Waals surface area contributed by atoms with Crippen LogP contribution in [0.1, 0.15) is 90.9 Å². The highest BCUT2D eigenvalue weighted by molar-refractivity contribution is 5.87. The molecule has 0 unspecified atom stereocenters. The molecule has 0 aromatic carbocycles. The molecule has 2 heteroatoms. The fourth-order valence-electron chi connectivity index (χ4n) is 4.99. The van der Waals surface area contributed by atoms with E-state index < -0.39 is 5.97 Å². The molecule has 0 heterocycles. The van der Waals surface area contributed by atoms with Crippen LogP contribution < -0.4 is 0 Å². The van der Waals surface area contributed by atoms with Crippen molar-refractivity contribution in [2.24, 2.45) is 23.7 Å². The molecular weight excluding hydrogens is 284 g/mol. The predicted octanol–water partition coefficient (Wildman–Crippen LogP) is 6.21. The van der Waals surface area contributed by atoms with Crippen molar-refractivity contribution >= 4 is 5.97 Å². The molecule has 132 valence electrons. The van der Waals surface area contributed by atoms with Gasteiger partial charge in [0.15, 0.2) is 0 Å². The quantitative estimate of drug-likeness (QED) is 0.566. The normalized spacial score (nSPS) is 32.7. The first-order chi connectivity index (χ1) is 11.2. The molecule has 0 aliphatic heterocycles. The minimum absolute atomic E-state index is 0.310. The van der Waals surface area contributed by atoms with Gasteiger partial charge in [-0.1, -0.05) is 52.0 Å². The van der Waals surface area contributed by atoms with Crippen molar-refractivity contribution in [1.29, 1.82) is 0 Å². The fraction of sp³-hybridized carbons (Fsp3) is 0.857. The van der Waals surface area contributed by atoms with E-state index in [1.165, 1.54) is 57.8 Å². The van der Waals surface area contributed by atoms with Gasteiger partial charge in [-0.3, -0.25) is 0 Å². The van der Waals surface area contributed by atoms with E-state index in [1.807, 2.05) is 13.0 Å². The summed E-state index contributed by atoms with van der Waals surface area (Å²) in [5.74, 6) is 2.41. The zero-order valence-electron chi connectivity index (χ0n) is 15.2. The van der Waals surface area contributed by atoms with E-state index in [1.54, 1.807) is 0 Å². The molecular formula is C21H36O2.